The number of hydrogen-bond acceptors (Lipinski definition) is 6. The normalized spacial score (nSPS) is 15.7. The topological polar surface area (TPSA) is 73.2 Å². The van der Waals surface area contributed by atoms with Gasteiger partial charge in [0.2, 0.25) is 5.91 Å². The van der Waals surface area contributed by atoms with Crippen molar-refractivity contribution in [3.05, 3.63) is 55.6 Å². The molecule has 0 spiro atoms. The molecular formula is C23H26ClN3O3S2. The predicted octanol–water partition coefficient (Wildman–Crippen LogP) is 4.29. The number of hydrogen-bond donors (Lipinski definition) is 1. The lowest BCUT2D eigenvalue weighted by atomic mass is 9.89. The molecule has 0 bridgehead atoms. The third kappa shape index (κ3) is 5.20. The zero-order valence-electron chi connectivity index (χ0n) is 18.2. The second-order valence-electron chi connectivity index (χ2n) is 8.07. The molecule has 0 saturated carbocycles. The van der Waals surface area contributed by atoms with Gasteiger partial charge < -0.3 is 10.1 Å². The number of nitrogens with one attached hydrogen (secondary N) is 1. The van der Waals surface area contributed by atoms with Crippen LogP contribution in [0.3, 0.4) is 0 Å². The van der Waals surface area contributed by atoms with Crippen LogP contribution in [-0.4, -0.2) is 34.9 Å². The molecular weight excluding hydrogens is 466 g/mol. The lowest BCUT2D eigenvalue weighted by Crippen LogP contribution is -2.28. The maximum atomic E-state index is 13.4. The molecule has 2 aromatic heterocycles. The number of carbonyl (C=O) groups is 1. The number of rotatable bonds is 8. The number of amides is 1. The summed E-state index contributed by atoms with van der Waals surface area (Å²) < 4.78 is 6.88. The summed E-state index contributed by atoms with van der Waals surface area (Å²) in [6.45, 7) is 3.50. The Kier molecular flexibility index (Phi) is 7.55. The molecule has 0 aliphatic heterocycles. The zero-order valence-corrected chi connectivity index (χ0v) is 20.5. The Hall–Kier alpha value is -1.87. The van der Waals surface area contributed by atoms with Crippen LogP contribution in [0.4, 0.5) is 0 Å². The molecule has 1 amide bonds. The Bertz CT molecular complexity index is 1170. The number of aryl methyl sites for hydroxylation is 1. The fourth-order valence-corrected chi connectivity index (χ4v) is 6.28. The van der Waals surface area contributed by atoms with Gasteiger partial charge in [0, 0.05) is 23.6 Å². The summed E-state index contributed by atoms with van der Waals surface area (Å²) in [5, 5.41) is 4.89. The van der Waals surface area contributed by atoms with Gasteiger partial charge >= 0.3 is 0 Å². The van der Waals surface area contributed by atoms with Gasteiger partial charge in [0.15, 0.2) is 5.16 Å². The molecule has 1 N–H and O–H groups in total. The molecule has 32 heavy (non-hydrogen) atoms. The maximum absolute atomic E-state index is 13.4. The van der Waals surface area contributed by atoms with E-state index < -0.39 is 0 Å². The molecule has 0 saturated heterocycles. The molecule has 1 aromatic carbocycles. The Morgan fingerprint density at radius 1 is 1.38 bits per heavy atom. The summed E-state index contributed by atoms with van der Waals surface area (Å²) in [7, 11) is 1.61. The van der Waals surface area contributed by atoms with Gasteiger partial charge in [-0.05, 0) is 48.4 Å². The molecule has 1 aliphatic carbocycles. The summed E-state index contributed by atoms with van der Waals surface area (Å²) in [4.78, 5) is 32.7. The number of carbonyl (C=O) groups excluding carboxylic acids is 1. The average Bonchev–Trinajstić information content (AvgIpc) is 3.14. The van der Waals surface area contributed by atoms with E-state index in [9.17, 15) is 9.59 Å². The smallest absolute Gasteiger partial charge is 0.263 e. The van der Waals surface area contributed by atoms with Crippen LogP contribution in [0.15, 0.2) is 34.2 Å². The van der Waals surface area contributed by atoms with Crippen molar-refractivity contribution in [2.45, 2.75) is 44.4 Å². The van der Waals surface area contributed by atoms with Crippen LogP contribution >= 0.6 is 34.7 Å². The number of fused-ring (bicyclic) bond motifs is 3. The second kappa shape index (κ2) is 10.4. The highest BCUT2D eigenvalue weighted by Crippen LogP contribution is 2.36. The minimum absolute atomic E-state index is 0.0248. The Balaban J connectivity index is 1.53. The van der Waals surface area contributed by atoms with Crippen LogP contribution < -0.4 is 10.9 Å². The molecule has 1 unspecified atom stereocenters. The van der Waals surface area contributed by atoms with E-state index in [1.807, 2.05) is 12.1 Å². The van der Waals surface area contributed by atoms with E-state index in [1.54, 1.807) is 35.1 Å². The van der Waals surface area contributed by atoms with Gasteiger partial charge in [0.1, 0.15) is 4.83 Å². The summed E-state index contributed by atoms with van der Waals surface area (Å²) >= 11 is 8.82. The molecule has 0 radical (unpaired) electrons. The first-order valence-electron chi connectivity index (χ1n) is 10.6. The molecule has 1 aliphatic rings. The minimum Gasteiger partial charge on any atom is -0.383 e. The monoisotopic (exact) mass is 491 g/mol. The van der Waals surface area contributed by atoms with Gasteiger partial charge in [-0.15, -0.1) is 11.3 Å². The summed E-state index contributed by atoms with van der Waals surface area (Å²) in [5.74, 6) is 0.696. The first-order valence-corrected chi connectivity index (χ1v) is 12.8. The quantitative estimate of drug-likeness (QED) is 0.376. The summed E-state index contributed by atoms with van der Waals surface area (Å²) in [6.07, 6.45) is 3.03. The van der Waals surface area contributed by atoms with Crippen molar-refractivity contribution in [1.82, 2.24) is 14.9 Å². The summed E-state index contributed by atoms with van der Waals surface area (Å²) in [6, 6.07) is 7.36. The van der Waals surface area contributed by atoms with Crippen molar-refractivity contribution in [2.75, 3.05) is 19.5 Å². The number of nitrogens with zero attached hydrogens (tertiary/aromatic N) is 2. The van der Waals surface area contributed by atoms with Gasteiger partial charge in [0.25, 0.3) is 5.56 Å². The van der Waals surface area contributed by atoms with Crippen molar-refractivity contribution in [3.63, 3.8) is 0 Å². The lowest BCUT2D eigenvalue weighted by molar-refractivity contribution is -0.118. The molecule has 2 heterocycles. The van der Waals surface area contributed by atoms with Crippen LogP contribution in [0.5, 0.6) is 0 Å². The van der Waals surface area contributed by atoms with Gasteiger partial charge in [-0.2, -0.15) is 0 Å². The van der Waals surface area contributed by atoms with Crippen molar-refractivity contribution in [3.8, 4) is 0 Å². The van der Waals surface area contributed by atoms with E-state index >= 15 is 0 Å². The van der Waals surface area contributed by atoms with Crippen molar-refractivity contribution >= 4 is 50.8 Å². The van der Waals surface area contributed by atoms with E-state index in [2.05, 4.69) is 12.2 Å². The maximum Gasteiger partial charge on any atom is 0.263 e. The SMILES string of the molecule is COCCn1c(SCC(=O)NCc2ccc(Cl)cc2)nc2sc3c(c2c1=O)CCC(C)C3. The number of ether oxygens (including phenoxy) is 1. The Morgan fingerprint density at radius 2 is 2.16 bits per heavy atom. The molecule has 4 rings (SSSR count). The molecule has 0 fully saturated rings. The number of thiophene rings is 1. The molecule has 3 aromatic rings. The number of aromatic nitrogens is 2. The van der Waals surface area contributed by atoms with Gasteiger partial charge in [-0.3, -0.25) is 14.2 Å². The molecule has 170 valence electrons. The second-order valence-corrected chi connectivity index (χ2v) is 10.5. The van der Waals surface area contributed by atoms with E-state index in [1.165, 1.54) is 22.2 Å². The predicted molar refractivity (Wildman–Crippen MR) is 131 cm³/mol. The van der Waals surface area contributed by atoms with Gasteiger partial charge in [-0.1, -0.05) is 42.4 Å². The summed E-state index contributed by atoms with van der Waals surface area (Å²) in [5.41, 5.74) is 2.12. The fourth-order valence-electron chi connectivity index (χ4n) is 3.88. The van der Waals surface area contributed by atoms with E-state index in [4.69, 9.17) is 21.3 Å². The number of benzene rings is 1. The first kappa shape index (κ1) is 23.3. The van der Waals surface area contributed by atoms with Crippen molar-refractivity contribution in [2.24, 2.45) is 5.92 Å². The highest BCUT2D eigenvalue weighted by atomic mass is 35.5. The van der Waals surface area contributed by atoms with E-state index in [-0.39, 0.29) is 17.2 Å². The fraction of sp³-hybridized carbons (Fsp3) is 0.435. The largest absolute Gasteiger partial charge is 0.383 e. The van der Waals surface area contributed by atoms with Crippen molar-refractivity contribution < 1.29 is 9.53 Å². The van der Waals surface area contributed by atoms with E-state index in [0.717, 1.165) is 35.0 Å². The lowest BCUT2D eigenvalue weighted by Gasteiger charge is -2.17. The molecule has 9 heteroatoms. The van der Waals surface area contributed by atoms with E-state index in [0.29, 0.717) is 35.8 Å². The van der Waals surface area contributed by atoms with Crippen LogP contribution in [0.2, 0.25) is 5.02 Å². The average molecular weight is 492 g/mol. The number of halogens is 1. The van der Waals surface area contributed by atoms with Gasteiger partial charge in [0.05, 0.1) is 24.3 Å². The van der Waals surface area contributed by atoms with Crippen LogP contribution in [0.1, 0.15) is 29.3 Å². The zero-order chi connectivity index (χ0) is 22.7. The Morgan fingerprint density at radius 3 is 2.91 bits per heavy atom. The van der Waals surface area contributed by atoms with Crippen LogP contribution in [-0.2, 0) is 35.5 Å². The standard InChI is InChI=1S/C23H26ClN3O3S2/c1-14-3-8-17-18(11-14)32-21-20(17)22(29)27(9-10-30-2)23(26-21)31-13-19(28)25-12-15-4-6-16(24)7-5-15/h4-7,14H,3,8-13H2,1-2H3,(H,25,28). The third-order valence-electron chi connectivity index (χ3n) is 5.63. The van der Waals surface area contributed by atoms with Crippen molar-refractivity contribution in [1.29, 1.82) is 0 Å². The molecule has 1 atom stereocenters. The van der Waals surface area contributed by atoms with Crippen LogP contribution in [0, 0.1) is 5.92 Å². The highest BCUT2D eigenvalue weighted by Gasteiger charge is 2.24. The van der Waals surface area contributed by atoms with Crippen LogP contribution in [0.25, 0.3) is 10.2 Å². The molecule has 6 nitrogen and oxygen atoms in total. The number of methoxy groups -OCH3 is 1. The number of thioether (sulfide) groups is 1. The highest BCUT2D eigenvalue weighted by molar-refractivity contribution is 7.99. The first-order chi connectivity index (χ1) is 15.5. The van der Waals surface area contributed by atoms with Gasteiger partial charge in [-0.25, -0.2) is 4.98 Å². The minimum atomic E-state index is -0.114. The Labute approximate surface area is 200 Å². The third-order valence-corrected chi connectivity index (χ3v) is 8.01.